The van der Waals surface area contributed by atoms with E-state index in [4.69, 9.17) is 0 Å². The molecule has 2 aromatic heterocycles. The van der Waals surface area contributed by atoms with Gasteiger partial charge in [0.25, 0.3) is 0 Å². The zero-order valence-corrected chi connectivity index (χ0v) is 11.1. The summed E-state index contributed by atoms with van der Waals surface area (Å²) < 4.78 is 0. The summed E-state index contributed by atoms with van der Waals surface area (Å²) in [5.74, 6) is 1.42. The number of para-hydroxylation sites is 1. The number of aryl methyl sites for hydroxylation is 1. The molecule has 0 bridgehead atoms. The molecule has 19 heavy (non-hydrogen) atoms. The number of benzene rings is 1. The minimum absolute atomic E-state index is 0.0381. The molecule has 0 spiro atoms. The predicted molar refractivity (Wildman–Crippen MR) is 75.2 cm³/mol. The Morgan fingerprint density at radius 3 is 2.95 bits per heavy atom. The van der Waals surface area contributed by atoms with Gasteiger partial charge in [-0.3, -0.25) is 9.89 Å². The summed E-state index contributed by atoms with van der Waals surface area (Å²) in [6, 6.07) is 9.14. The first-order chi connectivity index (χ1) is 9.22. The topological polar surface area (TPSA) is 74.4 Å². The number of H-pyrrole nitrogens is 2. The number of rotatable bonds is 3. The number of hydrogen-bond acceptors (Lipinski definition) is 4. The maximum Gasteiger partial charge on any atom is 0.208 e. The second-order valence-electron chi connectivity index (χ2n) is 4.20. The molecule has 2 heterocycles. The van der Waals surface area contributed by atoms with Gasteiger partial charge in [0.05, 0.1) is 0 Å². The molecule has 0 saturated heterocycles. The van der Waals surface area contributed by atoms with Crippen molar-refractivity contribution >= 4 is 22.7 Å². The van der Waals surface area contributed by atoms with Crippen molar-refractivity contribution in [1.29, 1.82) is 0 Å². The second-order valence-corrected chi connectivity index (χ2v) is 5.14. The molecule has 0 fully saturated rings. The average molecular weight is 272 g/mol. The van der Waals surface area contributed by atoms with Crippen LogP contribution in [0.2, 0.25) is 0 Å². The third kappa shape index (κ3) is 2.53. The van der Waals surface area contributed by atoms with Crippen LogP contribution in [0.25, 0.3) is 10.9 Å². The fraction of sp³-hybridized carbons (Fsp3) is 0.154. The number of thioether (sulfide) groups is 1. The lowest BCUT2D eigenvalue weighted by Gasteiger charge is -2.02. The van der Waals surface area contributed by atoms with Gasteiger partial charge >= 0.3 is 0 Å². The number of nitrogens with one attached hydrogen (secondary N) is 2. The van der Waals surface area contributed by atoms with E-state index >= 15 is 0 Å². The molecule has 0 saturated carbocycles. The molecule has 0 aliphatic carbocycles. The normalized spacial score (nSPS) is 11.0. The number of pyridine rings is 1. The van der Waals surface area contributed by atoms with Gasteiger partial charge in [-0.15, -0.1) is 5.10 Å². The van der Waals surface area contributed by atoms with E-state index in [-0.39, 0.29) is 5.43 Å². The standard InChI is InChI=1S/C13H12N4OS/c1-8-14-13(17-16-8)19-7-9-6-12(18)10-4-2-3-5-11(10)15-9/h2-6H,7H2,1H3,(H,15,18)(H,14,16,17). The van der Waals surface area contributed by atoms with E-state index in [9.17, 15) is 4.79 Å². The Morgan fingerprint density at radius 2 is 2.16 bits per heavy atom. The van der Waals surface area contributed by atoms with Crippen molar-refractivity contribution in [1.82, 2.24) is 20.2 Å². The Balaban J connectivity index is 1.87. The molecule has 3 aromatic rings. The van der Waals surface area contributed by atoms with Crippen molar-refractivity contribution in [3.05, 3.63) is 52.1 Å². The van der Waals surface area contributed by atoms with Gasteiger partial charge in [-0.25, -0.2) is 4.98 Å². The molecule has 1 aromatic carbocycles. The molecule has 96 valence electrons. The zero-order chi connectivity index (χ0) is 13.2. The van der Waals surface area contributed by atoms with Crippen LogP contribution in [-0.4, -0.2) is 20.2 Å². The van der Waals surface area contributed by atoms with Crippen LogP contribution < -0.4 is 5.43 Å². The highest BCUT2D eigenvalue weighted by molar-refractivity contribution is 7.98. The molecule has 0 aliphatic rings. The van der Waals surface area contributed by atoms with Gasteiger partial charge in [0, 0.05) is 28.4 Å². The van der Waals surface area contributed by atoms with E-state index in [1.165, 1.54) is 11.8 Å². The van der Waals surface area contributed by atoms with E-state index < -0.39 is 0 Å². The maximum absolute atomic E-state index is 11.9. The van der Waals surface area contributed by atoms with Crippen LogP contribution in [0.4, 0.5) is 0 Å². The van der Waals surface area contributed by atoms with Crippen molar-refractivity contribution in [3.8, 4) is 0 Å². The van der Waals surface area contributed by atoms with Crippen molar-refractivity contribution in [3.63, 3.8) is 0 Å². The van der Waals surface area contributed by atoms with Crippen LogP contribution in [0.1, 0.15) is 11.5 Å². The Hall–Kier alpha value is -2.08. The van der Waals surface area contributed by atoms with Gasteiger partial charge < -0.3 is 4.98 Å². The molecule has 3 rings (SSSR count). The summed E-state index contributed by atoms with van der Waals surface area (Å²) >= 11 is 1.49. The summed E-state index contributed by atoms with van der Waals surface area (Å²) in [6.07, 6.45) is 0. The monoisotopic (exact) mass is 272 g/mol. The number of aromatic nitrogens is 4. The first-order valence-electron chi connectivity index (χ1n) is 5.85. The number of nitrogens with zero attached hydrogens (tertiary/aromatic N) is 2. The van der Waals surface area contributed by atoms with Crippen molar-refractivity contribution < 1.29 is 0 Å². The fourth-order valence-electron chi connectivity index (χ4n) is 1.86. The molecular weight excluding hydrogens is 260 g/mol. The third-order valence-electron chi connectivity index (χ3n) is 2.73. The van der Waals surface area contributed by atoms with Crippen LogP contribution in [-0.2, 0) is 5.75 Å². The van der Waals surface area contributed by atoms with Crippen molar-refractivity contribution in [2.75, 3.05) is 0 Å². The molecule has 0 radical (unpaired) electrons. The lowest BCUT2D eigenvalue weighted by Crippen LogP contribution is -2.04. The Kier molecular flexibility index (Phi) is 3.08. The Labute approximate surface area is 113 Å². The fourth-order valence-corrected chi connectivity index (χ4v) is 2.61. The van der Waals surface area contributed by atoms with Crippen LogP contribution >= 0.6 is 11.8 Å². The molecular formula is C13H12N4OS. The minimum Gasteiger partial charge on any atom is -0.357 e. The molecule has 2 N–H and O–H groups in total. The third-order valence-corrected chi connectivity index (χ3v) is 3.62. The van der Waals surface area contributed by atoms with Crippen molar-refractivity contribution in [2.45, 2.75) is 17.8 Å². The number of hydrogen-bond donors (Lipinski definition) is 2. The SMILES string of the molecule is Cc1nc(SCc2cc(=O)c3ccccc3[nH]2)n[nH]1. The summed E-state index contributed by atoms with van der Waals surface area (Å²) in [4.78, 5) is 19.4. The number of fused-ring (bicyclic) bond motifs is 1. The van der Waals surface area contributed by atoms with E-state index in [1.54, 1.807) is 6.07 Å². The molecule has 0 atom stereocenters. The van der Waals surface area contributed by atoms with Gasteiger partial charge in [0.2, 0.25) is 5.16 Å². The first-order valence-corrected chi connectivity index (χ1v) is 6.84. The molecule has 5 nitrogen and oxygen atoms in total. The second kappa shape index (κ2) is 4.89. The number of aromatic amines is 2. The highest BCUT2D eigenvalue weighted by atomic mass is 32.2. The average Bonchev–Trinajstić information content (AvgIpc) is 2.82. The summed E-state index contributed by atoms with van der Waals surface area (Å²) in [6.45, 7) is 1.86. The van der Waals surface area contributed by atoms with Gasteiger partial charge in [-0.1, -0.05) is 23.9 Å². The van der Waals surface area contributed by atoms with Crippen LogP contribution in [0.5, 0.6) is 0 Å². The summed E-state index contributed by atoms with van der Waals surface area (Å²) in [5, 5.41) is 8.24. The van der Waals surface area contributed by atoms with Crippen LogP contribution in [0, 0.1) is 6.92 Å². The van der Waals surface area contributed by atoms with Crippen molar-refractivity contribution in [2.24, 2.45) is 0 Å². The molecule has 6 heteroatoms. The highest BCUT2D eigenvalue weighted by Crippen LogP contribution is 2.18. The Morgan fingerprint density at radius 1 is 1.32 bits per heavy atom. The van der Waals surface area contributed by atoms with E-state index in [0.29, 0.717) is 16.3 Å². The van der Waals surface area contributed by atoms with E-state index in [1.807, 2.05) is 31.2 Å². The van der Waals surface area contributed by atoms with Gasteiger partial charge in [0.1, 0.15) is 5.82 Å². The van der Waals surface area contributed by atoms with Gasteiger partial charge in [0.15, 0.2) is 5.43 Å². The van der Waals surface area contributed by atoms with E-state index in [0.717, 1.165) is 17.0 Å². The van der Waals surface area contributed by atoms with Gasteiger partial charge in [-0.2, -0.15) is 0 Å². The van der Waals surface area contributed by atoms with Gasteiger partial charge in [-0.05, 0) is 19.1 Å². The van der Waals surface area contributed by atoms with E-state index in [2.05, 4.69) is 20.2 Å². The lowest BCUT2D eigenvalue weighted by molar-refractivity contribution is 0.968. The molecule has 0 amide bonds. The quantitative estimate of drug-likeness (QED) is 0.717. The lowest BCUT2D eigenvalue weighted by atomic mass is 10.2. The highest BCUT2D eigenvalue weighted by Gasteiger charge is 2.04. The first kappa shape index (κ1) is 12.0. The largest absolute Gasteiger partial charge is 0.357 e. The zero-order valence-electron chi connectivity index (χ0n) is 10.3. The van der Waals surface area contributed by atoms with Crippen LogP contribution in [0.3, 0.4) is 0 Å². The summed E-state index contributed by atoms with van der Waals surface area (Å²) in [7, 11) is 0. The maximum atomic E-state index is 11.9. The smallest absolute Gasteiger partial charge is 0.208 e. The Bertz CT molecular complexity index is 777. The van der Waals surface area contributed by atoms with Crippen LogP contribution in [0.15, 0.2) is 40.3 Å². The molecule has 0 aliphatic heterocycles. The molecule has 0 unspecified atom stereocenters. The summed E-state index contributed by atoms with van der Waals surface area (Å²) in [5.41, 5.74) is 1.77. The minimum atomic E-state index is 0.0381. The predicted octanol–water partition coefficient (Wildman–Crippen LogP) is 2.25.